The van der Waals surface area contributed by atoms with E-state index in [1.54, 1.807) is 0 Å². The monoisotopic (exact) mass is 321 g/mol. The Labute approximate surface area is 122 Å². The van der Waals surface area contributed by atoms with Gasteiger partial charge in [0.25, 0.3) is 5.24 Å². The summed E-state index contributed by atoms with van der Waals surface area (Å²) >= 11 is 11.2. The summed E-state index contributed by atoms with van der Waals surface area (Å²) in [6, 6.07) is 4.02. The summed E-state index contributed by atoms with van der Waals surface area (Å²) in [5, 5.41) is -0.613. The molecule has 0 bridgehead atoms. The molecule has 1 fully saturated rings. The zero-order chi connectivity index (χ0) is 14.0. The van der Waals surface area contributed by atoms with Crippen molar-refractivity contribution in [3.63, 3.8) is 0 Å². The van der Waals surface area contributed by atoms with Crippen molar-refractivity contribution in [2.45, 2.75) is 24.2 Å². The van der Waals surface area contributed by atoms with Crippen LogP contribution in [0.4, 0.5) is 0 Å². The van der Waals surface area contributed by atoms with E-state index in [1.165, 1.54) is 22.5 Å². The van der Waals surface area contributed by atoms with Crippen LogP contribution < -0.4 is 0 Å². The molecule has 0 radical (unpaired) electrons. The minimum Gasteiger partial charge on any atom is -0.276 e. The van der Waals surface area contributed by atoms with E-state index < -0.39 is 15.3 Å². The zero-order valence-corrected chi connectivity index (χ0v) is 12.4. The van der Waals surface area contributed by atoms with Gasteiger partial charge in [0.1, 0.15) is 0 Å². The topological polar surface area (TPSA) is 54.5 Å². The van der Waals surface area contributed by atoms with E-state index in [2.05, 4.69) is 0 Å². The fraction of sp³-hybridized carbons (Fsp3) is 0.417. The average molecular weight is 322 g/mol. The average Bonchev–Trinajstić information content (AvgIpc) is 2.39. The molecule has 0 N–H and O–H groups in total. The Bertz CT molecular complexity index is 595. The summed E-state index contributed by atoms with van der Waals surface area (Å²) in [5.41, 5.74) is 0.0152. The van der Waals surface area contributed by atoms with Gasteiger partial charge in [0, 0.05) is 13.1 Å². The summed E-state index contributed by atoms with van der Waals surface area (Å²) in [6.07, 6.45) is 2.75. The molecule has 104 valence electrons. The van der Waals surface area contributed by atoms with Crippen LogP contribution in [0.15, 0.2) is 23.1 Å². The first-order chi connectivity index (χ1) is 8.93. The predicted molar refractivity (Wildman–Crippen MR) is 74.2 cm³/mol. The van der Waals surface area contributed by atoms with Gasteiger partial charge >= 0.3 is 0 Å². The number of hydrogen-bond donors (Lipinski definition) is 0. The van der Waals surface area contributed by atoms with Crippen LogP contribution >= 0.6 is 23.2 Å². The number of carbonyl (C=O) groups excluding carboxylic acids is 1. The van der Waals surface area contributed by atoms with Gasteiger partial charge in [0.05, 0.1) is 15.5 Å². The van der Waals surface area contributed by atoms with E-state index in [9.17, 15) is 13.2 Å². The molecule has 1 heterocycles. The largest absolute Gasteiger partial charge is 0.276 e. The lowest BCUT2D eigenvalue weighted by molar-refractivity contribution is 0.108. The van der Waals surface area contributed by atoms with Gasteiger partial charge in [0.15, 0.2) is 0 Å². The minimum absolute atomic E-state index is 0.0152. The summed E-state index contributed by atoms with van der Waals surface area (Å²) in [6.45, 7) is 1.02. The second-order valence-corrected chi connectivity index (χ2v) is 7.07. The third kappa shape index (κ3) is 3.11. The van der Waals surface area contributed by atoms with Crippen molar-refractivity contribution in [1.82, 2.24) is 4.31 Å². The van der Waals surface area contributed by atoms with Crippen molar-refractivity contribution in [3.05, 3.63) is 28.8 Å². The second-order valence-electron chi connectivity index (χ2n) is 4.38. The van der Waals surface area contributed by atoms with Crippen molar-refractivity contribution < 1.29 is 13.2 Å². The van der Waals surface area contributed by atoms with Crippen LogP contribution in [0.2, 0.25) is 5.02 Å². The summed E-state index contributed by atoms with van der Waals surface area (Å²) < 4.78 is 26.2. The van der Waals surface area contributed by atoms with Crippen LogP contribution in [-0.2, 0) is 10.0 Å². The van der Waals surface area contributed by atoms with Crippen LogP contribution in [-0.4, -0.2) is 31.1 Å². The molecule has 7 heteroatoms. The molecule has 1 aromatic rings. The van der Waals surface area contributed by atoms with Crippen molar-refractivity contribution in [3.8, 4) is 0 Å². The number of hydrogen-bond acceptors (Lipinski definition) is 3. The highest BCUT2D eigenvalue weighted by atomic mass is 35.5. The van der Waals surface area contributed by atoms with Crippen LogP contribution in [0, 0.1) is 0 Å². The molecule has 19 heavy (non-hydrogen) atoms. The zero-order valence-electron chi connectivity index (χ0n) is 10.1. The van der Waals surface area contributed by atoms with Gasteiger partial charge in [-0.1, -0.05) is 18.0 Å². The fourth-order valence-corrected chi connectivity index (χ4v) is 4.02. The Morgan fingerprint density at radius 1 is 1.16 bits per heavy atom. The van der Waals surface area contributed by atoms with Crippen molar-refractivity contribution in [2.24, 2.45) is 0 Å². The maximum Gasteiger partial charge on any atom is 0.253 e. The number of sulfonamides is 1. The highest BCUT2D eigenvalue weighted by Crippen LogP contribution is 2.25. The van der Waals surface area contributed by atoms with E-state index in [1.807, 2.05) is 0 Å². The fourth-order valence-electron chi connectivity index (χ4n) is 2.07. The molecule has 1 aromatic carbocycles. The molecule has 0 saturated carbocycles. The number of piperidine rings is 1. The smallest absolute Gasteiger partial charge is 0.253 e. The lowest BCUT2D eigenvalue weighted by Gasteiger charge is -2.26. The Morgan fingerprint density at radius 3 is 2.37 bits per heavy atom. The summed E-state index contributed by atoms with van der Waals surface area (Å²) in [5.74, 6) is 0. The number of nitrogens with zero attached hydrogens (tertiary/aromatic N) is 1. The first-order valence-corrected chi connectivity index (χ1v) is 8.12. The highest BCUT2D eigenvalue weighted by molar-refractivity contribution is 7.89. The van der Waals surface area contributed by atoms with Crippen LogP contribution in [0.3, 0.4) is 0 Å². The highest BCUT2D eigenvalue weighted by Gasteiger charge is 2.26. The van der Waals surface area contributed by atoms with Crippen molar-refractivity contribution >= 4 is 38.5 Å². The third-order valence-corrected chi connectivity index (χ3v) is 5.53. The summed E-state index contributed by atoms with van der Waals surface area (Å²) in [4.78, 5) is 11.3. The van der Waals surface area contributed by atoms with Gasteiger partial charge in [-0.05, 0) is 42.6 Å². The predicted octanol–water partition coefficient (Wildman–Crippen LogP) is 2.89. The molecular weight excluding hydrogens is 309 g/mol. The normalized spacial score (nSPS) is 17.4. The van der Waals surface area contributed by atoms with Crippen LogP contribution in [0.25, 0.3) is 0 Å². The molecule has 0 amide bonds. The summed E-state index contributed by atoms with van der Waals surface area (Å²) in [7, 11) is -3.57. The first kappa shape index (κ1) is 14.8. The number of carbonyl (C=O) groups is 1. The molecule has 1 aliphatic heterocycles. The van der Waals surface area contributed by atoms with E-state index in [0.29, 0.717) is 13.1 Å². The number of halogens is 2. The maximum atomic E-state index is 12.4. The number of rotatable bonds is 3. The molecule has 0 unspecified atom stereocenters. The van der Waals surface area contributed by atoms with Crippen molar-refractivity contribution in [1.29, 1.82) is 0 Å². The Morgan fingerprint density at radius 2 is 1.79 bits per heavy atom. The minimum atomic E-state index is -3.57. The first-order valence-electron chi connectivity index (χ1n) is 5.92. The van der Waals surface area contributed by atoms with Gasteiger partial charge in [-0.25, -0.2) is 8.42 Å². The van der Waals surface area contributed by atoms with E-state index >= 15 is 0 Å². The Hall–Kier alpha value is -0.620. The lowest BCUT2D eigenvalue weighted by atomic mass is 10.2. The van der Waals surface area contributed by atoms with Crippen molar-refractivity contribution in [2.75, 3.05) is 13.1 Å². The molecular formula is C12H13Cl2NO3S. The van der Waals surface area contributed by atoms with Gasteiger partial charge in [-0.3, -0.25) is 4.79 Å². The molecule has 1 saturated heterocycles. The van der Waals surface area contributed by atoms with Gasteiger partial charge < -0.3 is 0 Å². The molecule has 4 nitrogen and oxygen atoms in total. The van der Waals surface area contributed by atoms with Crippen LogP contribution in [0.1, 0.15) is 29.6 Å². The standard InChI is InChI=1S/C12H13Cl2NO3S/c13-11-5-4-9(8-10(11)12(14)16)19(17,18)15-6-2-1-3-7-15/h4-5,8H,1-3,6-7H2. The molecule has 0 aliphatic carbocycles. The second kappa shape index (κ2) is 5.79. The lowest BCUT2D eigenvalue weighted by Crippen LogP contribution is -2.35. The molecule has 1 aliphatic rings. The van der Waals surface area contributed by atoms with Gasteiger partial charge in [-0.2, -0.15) is 4.31 Å². The number of benzene rings is 1. The molecule has 0 atom stereocenters. The van der Waals surface area contributed by atoms with Gasteiger partial charge in [-0.15, -0.1) is 0 Å². The third-order valence-electron chi connectivity index (χ3n) is 3.10. The van der Waals surface area contributed by atoms with Gasteiger partial charge in [0.2, 0.25) is 10.0 Å². The van der Waals surface area contributed by atoms with Crippen LogP contribution in [0.5, 0.6) is 0 Å². The maximum absolute atomic E-state index is 12.4. The Kier molecular flexibility index (Phi) is 4.50. The van der Waals surface area contributed by atoms with E-state index in [-0.39, 0.29) is 15.5 Å². The van der Waals surface area contributed by atoms with E-state index in [4.69, 9.17) is 23.2 Å². The SMILES string of the molecule is O=C(Cl)c1cc(S(=O)(=O)N2CCCCC2)ccc1Cl. The molecule has 0 aromatic heterocycles. The molecule has 2 rings (SSSR count). The molecule has 0 spiro atoms. The van der Waals surface area contributed by atoms with E-state index in [0.717, 1.165) is 19.3 Å². The Balaban J connectivity index is 2.40. The quantitative estimate of drug-likeness (QED) is 0.804.